The molecule has 1 N–H and O–H groups in total. The number of ether oxygens (including phenoxy) is 1. The van der Waals surface area contributed by atoms with E-state index in [9.17, 15) is 18.0 Å². The molecule has 1 aliphatic rings. The van der Waals surface area contributed by atoms with Crippen molar-refractivity contribution in [3.63, 3.8) is 0 Å². The van der Waals surface area contributed by atoms with Gasteiger partial charge in [-0.15, -0.1) is 0 Å². The van der Waals surface area contributed by atoms with Gasteiger partial charge in [-0.1, -0.05) is 38.8 Å². The van der Waals surface area contributed by atoms with Crippen molar-refractivity contribution in [1.82, 2.24) is 5.32 Å². The zero-order valence-electron chi connectivity index (χ0n) is 15.7. The van der Waals surface area contributed by atoms with Gasteiger partial charge in [-0.3, -0.25) is 4.79 Å². The van der Waals surface area contributed by atoms with E-state index < -0.39 is 21.9 Å². The molecule has 1 fully saturated rings. The summed E-state index contributed by atoms with van der Waals surface area (Å²) < 4.78 is 28.9. The number of esters is 1. The van der Waals surface area contributed by atoms with Gasteiger partial charge in [-0.05, 0) is 37.3 Å². The molecule has 7 heteroatoms. The number of carbonyl (C=O) groups excluding carboxylic acids is 2. The van der Waals surface area contributed by atoms with Crippen LogP contribution in [0.4, 0.5) is 0 Å². The van der Waals surface area contributed by atoms with Crippen LogP contribution in [0, 0.1) is 11.8 Å². The second-order valence-corrected chi connectivity index (χ2v) is 9.18. The molecule has 1 aromatic rings. The van der Waals surface area contributed by atoms with Gasteiger partial charge in [-0.2, -0.15) is 0 Å². The summed E-state index contributed by atoms with van der Waals surface area (Å²) in [6.07, 6.45) is 3.15. The fourth-order valence-electron chi connectivity index (χ4n) is 3.32. The molecule has 0 bridgehead atoms. The topological polar surface area (TPSA) is 89.5 Å². The van der Waals surface area contributed by atoms with E-state index in [1.165, 1.54) is 25.1 Å². The van der Waals surface area contributed by atoms with Crippen LogP contribution in [0.15, 0.2) is 29.2 Å². The number of nitrogens with one attached hydrogen (secondary N) is 1. The van der Waals surface area contributed by atoms with Crippen LogP contribution in [0.25, 0.3) is 0 Å². The third kappa shape index (κ3) is 4.84. The standard InChI is InChI=1S/C19H27NO5S/c1-12-8-7-10-16(13(12)2)20-18(21)14(3)25-19(22)15-9-5-6-11-17(15)26(4,23)24/h5-6,9,11-14,16H,7-8,10H2,1-4H3,(H,20,21)/t12-,13+,14+,16-/m0/s1. The molecule has 0 saturated heterocycles. The number of rotatable bonds is 5. The van der Waals surface area contributed by atoms with Crippen molar-refractivity contribution >= 4 is 21.7 Å². The highest BCUT2D eigenvalue weighted by Crippen LogP contribution is 2.29. The Bertz CT molecular complexity index is 774. The molecule has 0 aromatic heterocycles. The number of hydrogen-bond donors (Lipinski definition) is 1. The predicted molar refractivity (Wildman–Crippen MR) is 98.5 cm³/mol. The molecule has 4 atom stereocenters. The molecule has 0 spiro atoms. The lowest BCUT2D eigenvalue weighted by atomic mass is 9.78. The third-order valence-electron chi connectivity index (χ3n) is 5.19. The Hall–Kier alpha value is -1.89. The van der Waals surface area contributed by atoms with Gasteiger partial charge in [0.25, 0.3) is 5.91 Å². The van der Waals surface area contributed by atoms with E-state index in [-0.39, 0.29) is 22.4 Å². The van der Waals surface area contributed by atoms with Gasteiger partial charge in [0.1, 0.15) is 0 Å². The van der Waals surface area contributed by atoms with Crippen molar-refractivity contribution in [2.75, 3.05) is 6.26 Å². The average Bonchev–Trinajstić information content (AvgIpc) is 2.58. The van der Waals surface area contributed by atoms with Gasteiger partial charge >= 0.3 is 5.97 Å². The molecule has 1 aromatic carbocycles. The highest BCUT2D eigenvalue weighted by molar-refractivity contribution is 7.90. The van der Waals surface area contributed by atoms with Crippen molar-refractivity contribution in [2.45, 2.75) is 57.1 Å². The molecule has 6 nitrogen and oxygen atoms in total. The van der Waals surface area contributed by atoms with Gasteiger partial charge in [0, 0.05) is 12.3 Å². The first kappa shape index (κ1) is 20.4. The number of hydrogen-bond acceptors (Lipinski definition) is 5. The second-order valence-electron chi connectivity index (χ2n) is 7.20. The molecule has 0 heterocycles. The van der Waals surface area contributed by atoms with Crippen molar-refractivity contribution in [3.05, 3.63) is 29.8 Å². The molecule has 0 radical (unpaired) electrons. The summed E-state index contributed by atoms with van der Waals surface area (Å²) in [5.41, 5.74) is -0.0608. The molecular weight excluding hydrogens is 354 g/mol. The van der Waals surface area contributed by atoms with Crippen LogP contribution in [0.5, 0.6) is 0 Å². The van der Waals surface area contributed by atoms with Crippen molar-refractivity contribution in [3.8, 4) is 0 Å². The zero-order valence-corrected chi connectivity index (χ0v) is 16.5. The summed E-state index contributed by atoms with van der Waals surface area (Å²) >= 11 is 0. The lowest BCUT2D eigenvalue weighted by Crippen LogP contribution is -2.47. The number of benzene rings is 1. The van der Waals surface area contributed by atoms with E-state index in [0.717, 1.165) is 25.5 Å². The fraction of sp³-hybridized carbons (Fsp3) is 0.579. The molecular formula is C19H27NO5S. The van der Waals surface area contributed by atoms with Gasteiger partial charge < -0.3 is 10.1 Å². The third-order valence-corrected chi connectivity index (χ3v) is 6.35. The van der Waals surface area contributed by atoms with Crippen LogP contribution in [0.3, 0.4) is 0 Å². The summed E-state index contributed by atoms with van der Waals surface area (Å²) in [6.45, 7) is 5.79. The highest BCUT2D eigenvalue weighted by atomic mass is 32.2. The Morgan fingerprint density at radius 1 is 1.19 bits per heavy atom. The van der Waals surface area contributed by atoms with Crippen LogP contribution in [-0.4, -0.2) is 38.7 Å². The zero-order chi connectivity index (χ0) is 19.5. The maximum absolute atomic E-state index is 12.4. The summed E-state index contributed by atoms with van der Waals surface area (Å²) in [5.74, 6) is -0.282. The monoisotopic (exact) mass is 381 g/mol. The molecule has 0 aliphatic heterocycles. The lowest BCUT2D eigenvalue weighted by molar-refractivity contribution is -0.130. The Kier molecular flexibility index (Phi) is 6.44. The summed E-state index contributed by atoms with van der Waals surface area (Å²) in [6, 6.07) is 5.89. The smallest absolute Gasteiger partial charge is 0.340 e. The van der Waals surface area contributed by atoms with E-state index in [1.807, 2.05) is 0 Å². The number of amides is 1. The first-order valence-electron chi connectivity index (χ1n) is 8.91. The van der Waals surface area contributed by atoms with E-state index >= 15 is 0 Å². The van der Waals surface area contributed by atoms with E-state index in [4.69, 9.17) is 4.74 Å². The maximum Gasteiger partial charge on any atom is 0.340 e. The van der Waals surface area contributed by atoms with Gasteiger partial charge in [0.15, 0.2) is 15.9 Å². The van der Waals surface area contributed by atoms with Crippen LogP contribution in [-0.2, 0) is 19.4 Å². The SMILES string of the molecule is C[C@H]1[C@@H](NC(=O)[C@@H](C)OC(=O)c2ccccc2S(C)(=O)=O)CCC[C@@H]1C. The molecule has 144 valence electrons. The first-order chi connectivity index (χ1) is 12.1. The lowest BCUT2D eigenvalue weighted by Gasteiger charge is -2.35. The van der Waals surface area contributed by atoms with Crippen LogP contribution >= 0.6 is 0 Å². The second kappa shape index (κ2) is 8.20. The van der Waals surface area contributed by atoms with Gasteiger partial charge in [-0.25, -0.2) is 13.2 Å². The predicted octanol–water partition coefficient (Wildman–Crippen LogP) is 2.58. The summed E-state index contributed by atoms with van der Waals surface area (Å²) in [7, 11) is -3.57. The molecule has 1 aliphatic carbocycles. The van der Waals surface area contributed by atoms with Crippen molar-refractivity contribution in [1.29, 1.82) is 0 Å². The van der Waals surface area contributed by atoms with E-state index in [0.29, 0.717) is 11.8 Å². The Balaban J connectivity index is 2.04. The Morgan fingerprint density at radius 3 is 2.50 bits per heavy atom. The minimum atomic E-state index is -3.57. The maximum atomic E-state index is 12.4. The van der Waals surface area contributed by atoms with Crippen molar-refractivity contribution < 1.29 is 22.7 Å². The van der Waals surface area contributed by atoms with Crippen molar-refractivity contribution in [2.24, 2.45) is 11.8 Å². The average molecular weight is 381 g/mol. The molecule has 2 rings (SSSR count). The molecule has 0 unspecified atom stereocenters. The molecule has 26 heavy (non-hydrogen) atoms. The Labute approximate surface area is 155 Å². The minimum Gasteiger partial charge on any atom is -0.449 e. The van der Waals surface area contributed by atoms with Gasteiger partial charge in [0.2, 0.25) is 0 Å². The van der Waals surface area contributed by atoms with E-state index in [1.54, 1.807) is 6.07 Å². The fourth-order valence-corrected chi connectivity index (χ4v) is 4.20. The summed E-state index contributed by atoms with van der Waals surface area (Å²) in [4.78, 5) is 24.7. The molecule has 1 amide bonds. The normalized spacial score (nSPS) is 24.5. The van der Waals surface area contributed by atoms with Crippen LogP contribution in [0.2, 0.25) is 0 Å². The Morgan fingerprint density at radius 2 is 1.85 bits per heavy atom. The van der Waals surface area contributed by atoms with Crippen LogP contribution in [0.1, 0.15) is 50.4 Å². The largest absolute Gasteiger partial charge is 0.449 e. The van der Waals surface area contributed by atoms with Crippen LogP contribution < -0.4 is 5.32 Å². The molecule has 1 saturated carbocycles. The first-order valence-corrected chi connectivity index (χ1v) is 10.8. The number of carbonyl (C=O) groups is 2. The van der Waals surface area contributed by atoms with E-state index in [2.05, 4.69) is 19.2 Å². The van der Waals surface area contributed by atoms with Gasteiger partial charge in [0.05, 0.1) is 10.5 Å². The summed E-state index contributed by atoms with van der Waals surface area (Å²) in [5, 5.41) is 2.97. The quantitative estimate of drug-likeness (QED) is 0.792. The minimum absolute atomic E-state index is 0.0608. The number of sulfone groups is 1. The highest BCUT2D eigenvalue weighted by Gasteiger charge is 2.30.